The first-order valence-corrected chi connectivity index (χ1v) is 12.9. The standard InChI is InChI=1S/C27H34FN5O2/c1-17-25-26(31-27(29-17)34-2)33(24(30-25)13-18-7-11-35-12-8-18)15-21-4-3-20(14-23(21)28)22-16-32-9-5-19(22)6-10-32/h3-4,14,18-19,22H,5-13,15-16H2,1-2H3. The fraction of sp³-hybridized carbons (Fsp3) is 0.593. The van der Waals surface area contributed by atoms with Crippen LogP contribution in [-0.2, 0) is 17.7 Å². The van der Waals surface area contributed by atoms with Gasteiger partial charge in [0.2, 0.25) is 0 Å². The highest BCUT2D eigenvalue weighted by atomic mass is 19.1. The lowest BCUT2D eigenvalue weighted by atomic mass is 9.75. The average molecular weight is 480 g/mol. The Hall–Kier alpha value is -2.58. The van der Waals surface area contributed by atoms with Crippen LogP contribution in [0.1, 0.15) is 54.2 Å². The molecule has 7 rings (SSSR count). The first-order valence-electron chi connectivity index (χ1n) is 12.9. The largest absolute Gasteiger partial charge is 0.467 e. The highest BCUT2D eigenvalue weighted by molar-refractivity contribution is 5.74. The quantitative estimate of drug-likeness (QED) is 0.530. The smallest absolute Gasteiger partial charge is 0.318 e. The molecule has 7 nitrogen and oxygen atoms in total. The van der Waals surface area contributed by atoms with Crippen molar-refractivity contribution in [3.05, 3.63) is 46.7 Å². The number of aromatic nitrogens is 4. The first kappa shape index (κ1) is 22.9. The third-order valence-electron chi connectivity index (χ3n) is 8.31. The Bertz CT molecular complexity index is 1210. The van der Waals surface area contributed by atoms with E-state index in [1.807, 2.05) is 13.0 Å². The topological polar surface area (TPSA) is 65.3 Å². The molecule has 186 valence electrons. The molecule has 4 aliphatic heterocycles. The molecule has 6 heterocycles. The van der Waals surface area contributed by atoms with Crippen molar-refractivity contribution in [2.24, 2.45) is 11.8 Å². The normalized spacial score (nSPS) is 24.8. The number of rotatable bonds is 6. The third kappa shape index (κ3) is 4.42. The number of aryl methyl sites for hydroxylation is 1. The Kier molecular flexibility index (Phi) is 6.18. The molecule has 4 aliphatic rings. The van der Waals surface area contributed by atoms with Crippen LogP contribution >= 0.6 is 0 Å². The van der Waals surface area contributed by atoms with Crippen molar-refractivity contribution in [1.29, 1.82) is 0 Å². The SMILES string of the molecule is COc1nc(C)c2nc(CC3CCOCC3)n(Cc3ccc(C4CN5CCC4CC5)cc3F)c2n1. The maximum absolute atomic E-state index is 15.5. The number of halogens is 1. The van der Waals surface area contributed by atoms with Crippen LogP contribution in [0.25, 0.3) is 11.2 Å². The summed E-state index contributed by atoms with van der Waals surface area (Å²) >= 11 is 0. The number of fused-ring (bicyclic) bond motifs is 4. The summed E-state index contributed by atoms with van der Waals surface area (Å²) in [6.07, 6.45) is 5.30. The number of methoxy groups -OCH3 is 1. The Balaban J connectivity index is 1.34. The van der Waals surface area contributed by atoms with Crippen LogP contribution in [0.3, 0.4) is 0 Å². The summed E-state index contributed by atoms with van der Waals surface area (Å²) in [7, 11) is 1.57. The third-order valence-corrected chi connectivity index (χ3v) is 8.31. The van der Waals surface area contributed by atoms with Gasteiger partial charge in [0, 0.05) is 31.7 Å². The minimum atomic E-state index is -0.143. The molecule has 0 spiro atoms. The molecule has 0 aliphatic carbocycles. The second-order valence-electron chi connectivity index (χ2n) is 10.4. The van der Waals surface area contributed by atoms with Gasteiger partial charge in [0.15, 0.2) is 5.65 Å². The van der Waals surface area contributed by atoms with Gasteiger partial charge >= 0.3 is 6.01 Å². The summed E-state index contributed by atoms with van der Waals surface area (Å²) in [6, 6.07) is 6.20. The van der Waals surface area contributed by atoms with Crippen LogP contribution in [0.4, 0.5) is 4.39 Å². The van der Waals surface area contributed by atoms with E-state index in [-0.39, 0.29) is 5.82 Å². The van der Waals surface area contributed by atoms with E-state index >= 15 is 4.39 Å². The predicted octanol–water partition coefficient (Wildman–Crippen LogP) is 4.11. The fourth-order valence-electron chi connectivity index (χ4n) is 6.21. The van der Waals surface area contributed by atoms with E-state index in [0.29, 0.717) is 41.5 Å². The molecule has 4 fully saturated rings. The molecule has 35 heavy (non-hydrogen) atoms. The highest BCUT2D eigenvalue weighted by Crippen LogP contribution is 2.39. The fourth-order valence-corrected chi connectivity index (χ4v) is 6.21. The van der Waals surface area contributed by atoms with Crippen LogP contribution in [0.5, 0.6) is 6.01 Å². The van der Waals surface area contributed by atoms with E-state index < -0.39 is 0 Å². The predicted molar refractivity (Wildman–Crippen MR) is 131 cm³/mol. The monoisotopic (exact) mass is 479 g/mol. The lowest BCUT2D eigenvalue weighted by Crippen LogP contribution is -2.46. The molecule has 1 unspecified atom stereocenters. The van der Waals surface area contributed by atoms with Crippen molar-refractivity contribution >= 4 is 11.2 Å². The van der Waals surface area contributed by atoms with Crippen molar-refractivity contribution in [2.45, 2.75) is 51.5 Å². The van der Waals surface area contributed by atoms with Crippen LogP contribution < -0.4 is 4.74 Å². The number of benzene rings is 1. The molecule has 0 saturated carbocycles. The maximum Gasteiger partial charge on any atom is 0.318 e. The van der Waals surface area contributed by atoms with Crippen LogP contribution in [0.15, 0.2) is 18.2 Å². The number of hydrogen-bond donors (Lipinski definition) is 0. The number of imidazole rings is 1. The summed E-state index contributed by atoms with van der Waals surface area (Å²) in [5, 5.41) is 0. The molecule has 3 aromatic rings. The van der Waals surface area contributed by atoms with E-state index in [1.54, 1.807) is 13.2 Å². The first-order chi connectivity index (χ1) is 17.1. The van der Waals surface area contributed by atoms with Crippen molar-refractivity contribution in [2.75, 3.05) is 40.0 Å². The highest BCUT2D eigenvalue weighted by Gasteiger charge is 2.35. The number of hydrogen-bond acceptors (Lipinski definition) is 6. The zero-order valence-corrected chi connectivity index (χ0v) is 20.7. The van der Waals surface area contributed by atoms with Gasteiger partial charge in [0.05, 0.1) is 19.3 Å². The van der Waals surface area contributed by atoms with E-state index in [4.69, 9.17) is 14.5 Å². The van der Waals surface area contributed by atoms with Crippen LogP contribution in [0.2, 0.25) is 0 Å². The molecule has 8 heteroatoms. The zero-order valence-electron chi connectivity index (χ0n) is 20.7. The van der Waals surface area contributed by atoms with Gasteiger partial charge in [-0.15, -0.1) is 0 Å². The van der Waals surface area contributed by atoms with Gasteiger partial charge in [-0.05, 0) is 75.1 Å². The van der Waals surface area contributed by atoms with Crippen molar-refractivity contribution in [3.63, 3.8) is 0 Å². The minimum absolute atomic E-state index is 0.143. The summed E-state index contributed by atoms with van der Waals surface area (Å²) in [6.45, 7) is 7.32. The van der Waals surface area contributed by atoms with Crippen LogP contribution in [-0.4, -0.2) is 64.4 Å². The molecule has 4 saturated heterocycles. The maximum atomic E-state index is 15.5. The molecule has 2 bridgehead atoms. The van der Waals surface area contributed by atoms with Crippen LogP contribution in [0, 0.1) is 24.6 Å². The molecule has 1 atom stereocenters. The summed E-state index contributed by atoms with van der Waals surface area (Å²) in [5.74, 6) is 2.41. The van der Waals surface area contributed by atoms with Crippen molar-refractivity contribution in [1.82, 2.24) is 24.4 Å². The zero-order chi connectivity index (χ0) is 23.9. The second-order valence-corrected chi connectivity index (χ2v) is 10.4. The number of piperidine rings is 3. The van der Waals surface area contributed by atoms with E-state index in [9.17, 15) is 0 Å². The molecule has 0 amide bonds. The van der Waals surface area contributed by atoms with E-state index in [2.05, 4.69) is 25.5 Å². The Labute approximate surface area is 205 Å². The number of ether oxygens (including phenoxy) is 2. The number of nitrogens with zero attached hydrogens (tertiary/aromatic N) is 5. The van der Waals surface area contributed by atoms with Gasteiger partial charge in [-0.1, -0.05) is 12.1 Å². The van der Waals surface area contributed by atoms with Crippen molar-refractivity contribution in [3.8, 4) is 6.01 Å². The summed E-state index contributed by atoms with van der Waals surface area (Å²) < 4.78 is 28.5. The summed E-state index contributed by atoms with van der Waals surface area (Å²) in [4.78, 5) is 16.5. The van der Waals surface area contributed by atoms with Gasteiger partial charge in [-0.3, -0.25) is 0 Å². The molecule has 0 radical (unpaired) electrons. The van der Waals surface area contributed by atoms with Gasteiger partial charge < -0.3 is 18.9 Å². The lowest BCUT2D eigenvalue weighted by molar-refractivity contribution is 0.0658. The second kappa shape index (κ2) is 9.47. The Morgan fingerprint density at radius 3 is 2.57 bits per heavy atom. The van der Waals surface area contributed by atoms with Gasteiger partial charge in [-0.25, -0.2) is 9.37 Å². The molecular weight excluding hydrogens is 445 g/mol. The Morgan fingerprint density at radius 1 is 1.09 bits per heavy atom. The average Bonchev–Trinajstić information content (AvgIpc) is 3.23. The van der Waals surface area contributed by atoms with Crippen molar-refractivity contribution < 1.29 is 13.9 Å². The van der Waals surface area contributed by atoms with E-state index in [1.165, 1.54) is 25.9 Å². The van der Waals surface area contributed by atoms with Gasteiger partial charge in [0.25, 0.3) is 0 Å². The molecule has 0 N–H and O–H groups in total. The van der Waals surface area contributed by atoms with E-state index in [0.717, 1.165) is 61.6 Å². The minimum Gasteiger partial charge on any atom is -0.467 e. The molecule has 2 aromatic heterocycles. The lowest BCUT2D eigenvalue weighted by Gasteiger charge is -2.45. The molecule has 1 aromatic carbocycles. The van der Waals surface area contributed by atoms with Gasteiger partial charge in [0.1, 0.15) is 17.2 Å². The Morgan fingerprint density at radius 2 is 1.89 bits per heavy atom. The van der Waals surface area contributed by atoms with Gasteiger partial charge in [-0.2, -0.15) is 9.97 Å². The summed E-state index contributed by atoms with van der Waals surface area (Å²) in [5.41, 5.74) is 4.04. The molecular formula is C27H34FN5O2.